The first-order valence-corrected chi connectivity index (χ1v) is 7.88. The van der Waals surface area contributed by atoms with E-state index in [9.17, 15) is 18.0 Å². The Labute approximate surface area is 144 Å². The Kier molecular flexibility index (Phi) is 6.01. The number of ether oxygens (including phenoxy) is 1. The van der Waals surface area contributed by atoms with E-state index in [2.05, 4.69) is 11.9 Å². The zero-order chi connectivity index (χ0) is 18.4. The molecule has 0 spiro atoms. The maximum absolute atomic E-state index is 12.5. The van der Waals surface area contributed by atoms with Crippen molar-refractivity contribution in [3.63, 3.8) is 0 Å². The summed E-state index contributed by atoms with van der Waals surface area (Å²) in [6.45, 7) is 2.74. The quantitative estimate of drug-likeness (QED) is 0.752. The van der Waals surface area contributed by atoms with Gasteiger partial charge in [0.05, 0.1) is 5.56 Å². The average molecular weight is 352 g/mol. The molecule has 1 aromatic carbocycles. The smallest absolute Gasteiger partial charge is 0.417 e. The minimum absolute atomic E-state index is 0.0483. The van der Waals surface area contributed by atoms with Gasteiger partial charge in [0.1, 0.15) is 5.75 Å². The highest BCUT2D eigenvalue weighted by molar-refractivity contribution is 5.94. The van der Waals surface area contributed by atoms with Gasteiger partial charge in [0.25, 0.3) is 5.91 Å². The number of pyridine rings is 1. The fraction of sp³-hybridized carbons (Fsp3) is 0.333. The van der Waals surface area contributed by atoms with Crippen molar-refractivity contribution in [2.24, 2.45) is 0 Å². The molecule has 2 aromatic rings. The van der Waals surface area contributed by atoms with Gasteiger partial charge in [-0.05, 0) is 36.8 Å². The van der Waals surface area contributed by atoms with Crippen LogP contribution >= 0.6 is 0 Å². The predicted octanol–water partition coefficient (Wildman–Crippen LogP) is 4.76. The molecule has 134 valence electrons. The van der Waals surface area contributed by atoms with E-state index in [0.717, 1.165) is 31.2 Å². The number of carbonyl (C=O) groups is 1. The molecule has 7 heteroatoms. The maximum Gasteiger partial charge on any atom is 0.417 e. The minimum atomic E-state index is -4.43. The monoisotopic (exact) mass is 352 g/mol. The lowest BCUT2D eigenvalue weighted by Gasteiger charge is -2.16. The molecule has 0 radical (unpaired) electrons. The number of unbranched alkanes of at least 4 members (excludes halogenated alkanes) is 1. The maximum atomic E-state index is 12.5. The van der Waals surface area contributed by atoms with Gasteiger partial charge in [-0.1, -0.05) is 13.3 Å². The zero-order valence-electron chi connectivity index (χ0n) is 14.0. The molecule has 0 atom stereocenters. The summed E-state index contributed by atoms with van der Waals surface area (Å²) < 4.78 is 42.9. The van der Waals surface area contributed by atoms with Crippen molar-refractivity contribution in [3.8, 4) is 11.6 Å². The van der Waals surface area contributed by atoms with Gasteiger partial charge < -0.3 is 9.64 Å². The fourth-order valence-electron chi connectivity index (χ4n) is 2.11. The second-order valence-electron chi connectivity index (χ2n) is 5.59. The third-order valence-electron chi connectivity index (χ3n) is 3.58. The number of hydrogen-bond donors (Lipinski definition) is 0. The summed E-state index contributed by atoms with van der Waals surface area (Å²) >= 11 is 0. The number of aromatic nitrogens is 1. The number of alkyl halides is 3. The summed E-state index contributed by atoms with van der Waals surface area (Å²) in [4.78, 5) is 17.5. The standard InChI is InChI=1S/C18H19F3N2O2/c1-3-4-11-23(2)17(24)13-5-8-15(9-6-13)25-16-10-7-14(12-22-16)18(19,20)21/h5-10,12H,3-4,11H2,1-2H3. The van der Waals surface area contributed by atoms with Crippen LogP contribution in [-0.2, 0) is 6.18 Å². The van der Waals surface area contributed by atoms with Gasteiger partial charge in [0.15, 0.2) is 0 Å². The number of hydrogen-bond acceptors (Lipinski definition) is 3. The van der Waals surface area contributed by atoms with Gasteiger partial charge in [0.2, 0.25) is 5.88 Å². The topological polar surface area (TPSA) is 42.4 Å². The predicted molar refractivity (Wildman–Crippen MR) is 87.6 cm³/mol. The molecule has 0 aliphatic carbocycles. The fourth-order valence-corrected chi connectivity index (χ4v) is 2.11. The Hall–Kier alpha value is -2.57. The third kappa shape index (κ3) is 5.20. The molecule has 0 aliphatic rings. The van der Waals surface area contributed by atoms with E-state index < -0.39 is 11.7 Å². The van der Waals surface area contributed by atoms with Gasteiger partial charge in [-0.25, -0.2) is 4.98 Å². The molecule has 0 saturated heterocycles. The van der Waals surface area contributed by atoms with Crippen LogP contribution in [-0.4, -0.2) is 29.4 Å². The van der Waals surface area contributed by atoms with Crippen LogP contribution in [0.25, 0.3) is 0 Å². The van der Waals surface area contributed by atoms with E-state index in [0.29, 0.717) is 17.9 Å². The van der Waals surface area contributed by atoms with Crippen LogP contribution in [0.3, 0.4) is 0 Å². The number of rotatable bonds is 6. The zero-order valence-corrected chi connectivity index (χ0v) is 14.0. The number of benzene rings is 1. The van der Waals surface area contributed by atoms with E-state index in [1.807, 2.05) is 0 Å². The third-order valence-corrected chi connectivity index (χ3v) is 3.58. The first-order valence-electron chi connectivity index (χ1n) is 7.88. The van der Waals surface area contributed by atoms with Crippen LogP contribution in [0.5, 0.6) is 11.6 Å². The van der Waals surface area contributed by atoms with Crippen molar-refractivity contribution in [1.82, 2.24) is 9.88 Å². The molecule has 4 nitrogen and oxygen atoms in total. The lowest BCUT2D eigenvalue weighted by molar-refractivity contribution is -0.137. The van der Waals surface area contributed by atoms with Crippen LogP contribution in [0, 0.1) is 0 Å². The highest BCUT2D eigenvalue weighted by atomic mass is 19.4. The minimum Gasteiger partial charge on any atom is -0.439 e. The van der Waals surface area contributed by atoms with Crippen LogP contribution in [0.1, 0.15) is 35.7 Å². The molecule has 0 N–H and O–H groups in total. The van der Waals surface area contributed by atoms with E-state index in [-0.39, 0.29) is 11.8 Å². The second-order valence-corrected chi connectivity index (χ2v) is 5.59. The number of halogens is 3. The van der Waals surface area contributed by atoms with E-state index in [1.165, 1.54) is 0 Å². The first kappa shape index (κ1) is 18.8. The van der Waals surface area contributed by atoms with E-state index in [1.54, 1.807) is 36.2 Å². The highest BCUT2D eigenvalue weighted by Crippen LogP contribution is 2.30. The number of nitrogens with zero attached hydrogens (tertiary/aromatic N) is 2. The van der Waals surface area contributed by atoms with Crippen LogP contribution in [0.15, 0.2) is 42.6 Å². The van der Waals surface area contributed by atoms with Gasteiger partial charge >= 0.3 is 6.18 Å². The molecule has 0 bridgehead atoms. The van der Waals surface area contributed by atoms with Gasteiger partial charge in [-0.15, -0.1) is 0 Å². The van der Waals surface area contributed by atoms with Gasteiger partial charge in [-0.3, -0.25) is 4.79 Å². The van der Waals surface area contributed by atoms with Crippen molar-refractivity contribution >= 4 is 5.91 Å². The lowest BCUT2D eigenvalue weighted by atomic mass is 10.2. The molecule has 1 amide bonds. The largest absolute Gasteiger partial charge is 0.439 e. The summed E-state index contributed by atoms with van der Waals surface area (Å²) in [5.74, 6) is 0.347. The Morgan fingerprint density at radius 2 is 1.84 bits per heavy atom. The molecule has 1 heterocycles. The Morgan fingerprint density at radius 3 is 2.36 bits per heavy atom. The first-order chi connectivity index (χ1) is 11.8. The van der Waals surface area contributed by atoms with Crippen LogP contribution in [0.4, 0.5) is 13.2 Å². The Morgan fingerprint density at radius 1 is 1.16 bits per heavy atom. The SMILES string of the molecule is CCCCN(C)C(=O)c1ccc(Oc2ccc(C(F)(F)F)cn2)cc1. The van der Waals surface area contributed by atoms with Crippen LogP contribution in [0.2, 0.25) is 0 Å². The molecule has 25 heavy (non-hydrogen) atoms. The molecule has 2 rings (SSSR count). The summed E-state index contributed by atoms with van der Waals surface area (Å²) in [7, 11) is 1.74. The summed E-state index contributed by atoms with van der Waals surface area (Å²) in [6, 6.07) is 8.46. The summed E-state index contributed by atoms with van der Waals surface area (Å²) in [5.41, 5.74) is -0.317. The van der Waals surface area contributed by atoms with Crippen molar-refractivity contribution in [3.05, 3.63) is 53.7 Å². The average Bonchev–Trinajstić information content (AvgIpc) is 2.59. The van der Waals surface area contributed by atoms with Crippen molar-refractivity contribution in [2.75, 3.05) is 13.6 Å². The molecule has 1 aromatic heterocycles. The Balaban J connectivity index is 2.01. The molecule has 0 aliphatic heterocycles. The van der Waals surface area contributed by atoms with E-state index in [4.69, 9.17) is 4.74 Å². The van der Waals surface area contributed by atoms with Gasteiger partial charge in [-0.2, -0.15) is 13.2 Å². The summed E-state index contributed by atoms with van der Waals surface area (Å²) in [5, 5.41) is 0. The molecular weight excluding hydrogens is 333 g/mol. The van der Waals surface area contributed by atoms with Gasteiger partial charge in [0, 0.05) is 31.4 Å². The molecule has 0 fully saturated rings. The van der Waals surface area contributed by atoms with Crippen molar-refractivity contribution in [2.45, 2.75) is 25.9 Å². The molecular formula is C18H19F3N2O2. The Bertz CT molecular complexity index is 698. The lowest BCUT2D eigenvalue weighted by Crippen LogP contribution is -2.27. The number of amides is 1. The molecule has 0 saturated carbocycles. The summed E-state index contributed by atoms with van der Waals surface area (Å²) in [6.07, 6.45) is -1.78. The van der Waals surface area contributed by atoms with Crippen molar-refractivity contribution < 1.29 is 22.7 Å². The van der Waals surface area contributed by atoms with E-state index >= 15 is 0 Å². The normalized spacial score (nSPS) is 11.2. The second kappa shape index (κ2) is 8.00. The number of carbonyl (C=O) groups excluding carboxylic acids is 1. The van der Waals surface area contributed by atoms with Crippen LogP contribution < -0.4 is 4.74 Å². The highest BCUT2D eigenvalue weighted by Gasteiger charge is 2.30. The molecule has 0 unspecified atom stereocenters. The van der Waals surface area contributed by atoms with Crippen molar-refractivity contribution in [1.29, 1.82) is 0 Å².